The molecule has 13 aromatic rings. The van der Waals surface area contributed by atoms with Crippen LogP contribution in [0.2, 0.25) is 0 Å². The number of hydrogen-bond donors (Lipinski definition) is 5. The highest BCUT2D eigenvalue weighted by atomic mass is 79.9. The molecule has 0 aliphatic carbocycles. The Bertz CT molecular complexity index is 6890. The molecule has 2 aromatic carbocycles. The van der Waals surface area contributed by atoms with Crippen molar-refractivity contribution in [3.8, 4) is 55.8 Å². The predicted octanol–water partition coefficient (Wildman–Crippen LogP) is 22.5. The lowest BCUT2D eigenvalue weighted by molar-refractivity contribution is 0.00578. The zero-order valence-electron chi connectivity index (χ0n) is 84.8. The topological polar surface area (TPSA) is 407 Å². The molecule has 0 bridgehead atoms. The van der Waals surface area contributed by atoms with Crippen LogP contribution in [0.5, 0.6) is 0 Å². The molecule has 42 heteroatoms. The molecule has 20 rings (SSSR count). The predicted molar refractivity (Wildman–Crippen MR) is 597 cm³/mol. The molecule has 7 N–H and O–H groups in total. The van der Waals surface area contributed by atoms with Crippen molar-refractivity contribution in [3.63, 3.8) is 0 Å². The maximum atomic E-state index is 13.1. The number of ether oxygens (including phenoxy) is 3. The molecule has 0 radical (unpaired) electrons. The van der Waals surface area contributed by atoms with Crippen molar-refractivity contribution in [1.29, 1.82) is 0 Å². The van der Waals surface area contributed by atoms with Crippen molar-refractivity contribution < 1.29 is 66.3 Å². The average Bonchev–Trinajstić information content (AvgIpc) is 1.62. The second-order valence-electron chi connectivity index (χ2n) is 39.5. The number of aromatic nitrogens is 12. The summed E-state index contributed by atoms with van der Waals surface area (Å²) < 4.78 is 59.5. The number of pyridine rings is 10. The van der Waals surface area contributed by atoms with Gasteiger partial charge < -0.3 is 50.4 Å². The number of nitrogens with two attached hydrogens (primary N) is 2. The van der Waals surface area contributed by atoms with E-state index in [9.17, 15) is 32.8 Å². The van der Waals surface area contributed by atoms with Crippen LogP contribution in [0, 0.1) is 11.6 Å². The first-order valence-electron chi connectivity index (χ1n) is 48.3. The zero-order chi connectivity index (χ0) is 107. The van der Waals surface area contributed by atoms with E-state index in [2.05, 4.69) is 179 Å². The van der Waals surface area contributed by atoms with Gasteiger partial charge in [0.2, 0.25) is 0 Å². The summed E-state index contributed by atoms with van der Waals surface area (Å²) in [5, 5.41) is 20.4. The minimum absolute atomic E-state index is 0.268. The van der Waals surface area contributed by atoms with Gasteiger partial charge >= 0.3 is 44.6 Å². The summed E-state index contributed by atoms with van der Waals surface area (Å²) >= 11 is 20.1. The van der Waals surface area contributed by atoms with Crippen molar-refractivity contribution in [3.05, 3.63) is 280 Å². The summed E-state index contributed by atoms with van der Waals surface area (Å²) in [7, 11) is -1.96. The Morgan fingerprint density at radius 3 is 1.12 bits per heavy atom. The van der Waals surface area contributed by atoms with Gasteiger partial charge in [-0.05, 0) is 386 Å². The summed E-state index contributed by atoms with van der Waals surface area (Å²) in [6.07, 6.45) is 38.2. The number of fused-ring (bicyclic) bond motifs is 6. The number of benzene rings is 2. The van der Waals surface area contributed by atoms with Crippen molar-refractivity contribution in [1.82, 2.24) is 59.8 Å². The Morgan fingerprint density at radius 2 is 0.705 bits per heavy atom. The van der Waals surface area contributed by atoms with Crippen molar-refractivity contribution >= 4 is 186 Å². The number of halogens is 8. The Balaban J connectivity index is 0.000000145. The zero-order valence-corrected chi connectivity index (χ0v) is 94.3. The summed E-state index contributed by atoms with van der Waals surface area (Å²) in [5.74, 6) is 3.75. The molecule has 1 fully saturated rings. The van der Waals surface area contributed by atoms with Crippen LogP contribution < -0.4 is 52.2 Å². The Labute approximate surface area is 916 Å². The summed E-state index contributed by atoms with van der Waals surface area (Å²) in [5.41, 5.74) is 25.6. The second kappa shape index (κ2) is 51.1. The van der Waals surface area contributed by atoms with Crippen LogP contribution in [0.15, 0.2) is 235 Å². The highest BCUT2D eigenvalue weighted by Crippen LogP contribution is 2.40. The van der Waals surface area contributed by atoms with E-state index >= 15 is 0 Å². The number of carbonyl (C=O) groups is 5. The number of rotatable bonds is 7. The van der Waals surface area contributed by atoms with E-state index in [-0.39, 0.29) is 29.9 Å². The largest absolute Gasteiger partial charge is 0.496 e. The van der Waals surface area contributed by atoms with E-state index < -0.39 is 54.3 Å². The normalized spacial score (nSPS) is 14.8. The number of anilines is 6. The van der Waals surface area contributed by atoms with Gasteiger partial charge in [-0.3, -0.25) is 49.4 Å². The molecule has 0 atom stereocenters. The molecular formula is C107H116B2Br6F2N20O12. The molecule has 0 spiro atoms. The van der Waals surface area contributed by atoms with Gasteiger partial charge in [0, 0.05) is 198 Å². The van der Waals surface area contributed by atoms with E-state index in [1.54, 1.807) is 107 Å². The van der Waals surface area contributed by atoms with Gasteiger partial charge in [0.05, 0.1) is 29.3 Å². The molecule has 7 aliphatic rings. The fraction of sp³-hybridized carbons (Fsp3) is 0.336. The van der Waals surface area contributed by atoms with Crippen molar-refractivity contribution in [2.45, 2.75) is 195 Å². The van der Waals surface area contributed by atoms with Crippen LogP contribution in [-0.4, -0.2) is 182 Å². The van der Waals surface area contributed by atoms with Gasteiger partial charge in [-0.1, -0.05) is 30.3 Å². The number of nitrogens with one attached hydrogen (secondary N) is 1. The molecule has 32 nitrogen and oxygen atoms in total. The first-order chi connectivity index (χ1) is 70.7. The Morgan fingerprint density at radius 1 is 0.376 bits per heavy atom. The number of primary amides is 2. The molecule has 7 amide bonds. The molecule has 7 aliphatic heterocycles. The van der Waals surface area contributed by atoms with Crippen LogP contribution in [0.4, 0.5) is 67.7 Å². The van der Waals surface area contributed by atoms with Gasteiger partial charge in [-0.15, -0.1) is 0 Å². The minimum atomic E-state index is -1.51. The van der Waals surface area contributed by atoms with E-state index in [0.717, 1.165) is 200 Å². The maximum absolute atomic E-state index is 13.1. The molecule has 11 aromatic heterocycles. The first kappa shape index (κ1) is 114. The van der Waals surface area contributed by atoms with Gasteiger partial charge in [0.15, 0.2) is 0 Å². The van der Waals surface area contributed by atoms with Crippen molar-refractivity contribution in [2.75, 3.05) is 69.1 Å². The quantitative estimate of drug-likeness (QED) is 0.0731. The van der Waals surface area contributed by atoms with Gasteiger partial charge in [0.1, 0.15) is 67.9 Å². The number of aryl methyl sites for hydroxylation is 6. The number of hydrogen-bond acceptors (Lipinski definition) is 25. The van der Waals surface area contributed by atoms with Gasteiger partial charge in [-0.2, -0.15) is 0 Å². The first-order valence-corrected chi connectivity index (χ1v) is 53.1. The molecule has 0 saturated carbocycles. The summed E-state index contributed by atoms with van der Waals surface area (Å²) in [4.78, 5) is 120. The Hall–Kier alpha value is -12.1. The molecule has 0 unspecified atom stereocenters. The third-order valence-electron chi connectivity index (χ3n) is 24.0. The summed E-state index contributed by atoms with van der Waals surface area (Å²) in [6.45, 7) is 29.1. The standard InChI is InChI=1S/C20H17FN4O.C19H29BN2O4.C18H20BrN3O2.C13H12BrN5O.C13H12BrN3.C13H17BrN2O2.C6H6BFO2.C5H3Br2N/c21-18-5-3-13(4-6-18)15-9-16(11-23-10-15)17-8-14-2-1-7-25(20(22)26)19(14)24-12-17;1-17(2,3)24-16(23)22-10-8-9-13-11-14(12-21-15(13)22)20-25-18(4,5)19(6,7)26-20;1-18(2,3)24-17(23)22-6-4-5-12-7-13(10-21-16(12)22)14-8-15(19)11-20-9-14;14-11-7-16-6-10(18-11)9-4-8-2-1-3-19(13(15)20)12(8)17-5-9;14-12-5-11(6-15-8-12)10-4-9-2-1-3-16-13(9)17-7-10;1-13(2,3)18-12(17)16-6-4-5-9-7-10(14)8-15-11(9)16;8-6-3-1-5(2-4-6)7(9)10;6-4-1-5(7)3-8-2-4/h3-6,8-12H,1-2,7H2,(H2,22,26);11-12H,8-10H2,1-7H3;7-11H,4-6H2,1-3H3;4-7H,1-3H2,(H2,15,20);4-8H,1-3H2,(H,16,17);7-8H,4-6H2,1-3H3;1-4,9-10H;1-3H. The van der Waals surface area contributed by atoms with Crippen molar-refractivity contribution in [2.24, 2.45) is 11.5 Å². The lowest BCUT2D eigenvalue weighted by Gasteiger charge is -2.32. The molecule has 18 heterocycles. The van der Waals surface area contributed by atoms with E-state index in [0.29, 0.717) is 66.1 Å². The Kier molecular flexibility index (Phi) is 39.1. The van der Waals surface area contributed by atoms with Crippen LogP contribution in [0.25, 0.3) is 55.8 Å². The van der Waals surface area contributed by atoms with Crippen LogP contribution >= 0.6 is 95.6 Å². The van der Waals surface area contributed by atoms with Crippen LogP contribution in [-0.2, 0) is 62.0 Å². The number of carbonyl (C=O) groups excluding carboxylic acids is 5. The lowest BCUT2D eigenvalue weighted by atomic mass is 9.79. The van der Waals surface area contributed by atoms with Crippen LogP contribution in [0.1, 0.15) is 162 Å². The summed E-state index contributed by atoms with van der Waals surface area (Å²) in [6, 6.07) is 30.7. The van der Waals surface area contributed by atoms with Gasteiger partial charge in [-0.25, -0.2) is 67.6 Å². The fourth-order valence-electron chi connectivity index (χ4n) is 16.3. The number of nitrogens with zero attached hydrogens (tertiary/aromatic N) is 17. The third-order valence-corrected chi connectivity index (χ3v) is 26.5. The third kappa shape index (κ3) is 32.2. The monoisotopic (exact) mass is 2410 g/mol. The highest BCUT2D eigenvalue weighted by molar-refractivity contribution is 9.11. The molecular weight excluding hydrogens is 2300 g/mol. The minimum Gasteiger partial charge on any atom is -0.443 e. The van der Waals surface area contributed by atoms with E-state index in [1.807, 2.05) is 151 Å². The molecule has 1 saturated heterocycles. The fourth-order valence-corrected chi connectivity index (χ4v) is 18.8. The number of amides is 7. The average molecular weight is 2410 g/mol. The smallest absolute Gasteiger partial charge is 0.443 e. The second-order valence-corrected chi connectivity index (χ2v) is 44.9. The van der Waals surface area contributed by atoms with Gasteiger partial charge in [0.25, 0.3) is 0 Å². The molecule has 778 valence electrons. The number of urea groups is 2. The molecule has 149 heavy (non-hydrogen) atoms. The SMILES string of the molecule is Brc1cncc(-c2cnc3c(c2)CCCN3)c1.Brc1cncc(Br)c1.CC(C)(C)OC(=O)N1CCCc2cc(-c3cncc(Br)c3)cnc21.CC(C)(C)OC(=O)N1CCCc2cc(B3OC(C)(C)C(C)(C)O3)cnc21.CC(C)(C)OC(=O)N1CCCc2cc(Br)cnc21.NC(=O)N1CCCc2cc(-c3cncc(-c4ccc(F)cc4)c3)cnc21.NC(=O)N1CCCc2cc(-c3cncc(Br)n3)cnc21.OB(O)c1ccc(F)cc1. The maximum Gasteiger partial charge on any atom is 0.496 e. The van der Waals surface area contributed by atoms with E-state index in [4.69, 9.17) is 45.0 Å². The lowest BCUT2D eigenvalue weighted by Crippen LogP contribution is -2.42. The van der Waals surface area contributed by atoms with E-state index in [1.165, 1.54) is 58.2 Å². The highest BCUT2D eigenvalue weighted by Gasteiger charge is 2.52. The van der Waals surface area contributed by atoms with Crippen LogP contribution in [0.3, 0.4) is 0 Å².